The lowest BCUT2D eigenvalue weighted by molar-refractivity contribution is 0.115. The summed E-state index contributed by atoms with van der Waals surface area (Å²) in [6.07, 6.45) is 3.16. The van der Waals surface area contributed by atoms with Crippen molar-refractivity contribution >= 4 is 6.01 Å². The first kappa shape index (κ1) is 11.3. The maximum atomic E-state index is 5.55. The van der Waals surface area contributed by atoms with Crippen molar-refractivity contribution in [1.82, 2.24) is 10.2 Å². The smallest absolute Gasteiger partial charge is 0.317 e. The van der Waals surface area contributed by atoms with E-state index in [1.807, 2.05) is 11.9 Å². The number of anilines is 1. The highest BCUT2D eigenvalue weighted by molar-refractivity contribution is 5.22. The standard InChI is InChI=1S/C10H18N4O2/c1-14(7-8-3-2-6-15-8)10-13-12-9(16-10)4-5-11/h8H,2-7,11H2,1H3. The van der Waals surface area contributed by atoms with Gasteiger partial charge in [-0.3, -0.25) is 0 Å². The molecule has 1 aromatic rings. The molecule has 1 saturated heterocycles. The number of aromatic nitrogens is 2. The van der Waals surface area contributed by atoms with Crippen LogP contribution in [0.2, 0.25) is 0 Å². The summed E-state index contributed by atoms with van der Waals surface area (Å²) >= 11 is 0. The summed E-state index contributed by atoms with van der Waals surface area (Å²) in [5.41, 5.74) is 5.42. The van der Waals surface area contributed by atoms with E-state index < -0.39 is 0 Å². The number of likely N-dealkylation sites (N-methyl/N-ethyl adjacent to an activating group) is 1. The average Bonchev–Trinajstić information content (AvgIpc) is 2.89. The predicted molar refractivity (Wildman–Crippen MR) is 59.3 cm³/mol. The van der Waals surface area contributed by atoms with Crippen LogP contribution in [0.25, 0.3) is 0 Å². The van der Waals surface area contributed by atoms with Crippen LogP contribution in [0.4, 0.5) is 6.01 Å². The van der Waals surface area contributed by atoms with E-state index in [4.69, 9.17) is 14.9 Å². The van der Waals surface area contributed by atoms with Crippen LogP contribution in [-0.2, 0) is 11.2 Å². The monoisotopic (exact) mass is 226 g/mol. The zero-order valence-electron chi connectivity index (χ0n) is 9.56. The van der Waals surface area contributed by atoms with Crippen molar-refractivity contribution in [3.8, 4) is 0 Å². The molecule has 1 unspecified atom stereocenters. The van der Waals surface area contributed by atoms with Gasteiger partial charge in [-0.25, -0.2) is 0 Å². The fraction of sp³-hybridized carbons (Fsp3) is 0.800. The van der Waals surface area contributed by atoms with Crippen molar-refractivity contribution in [1.29, 1.82) is 0 Å². The van der Waals surface area contributed by atoms with E-state index in [9.17, 15) is 0 Å². The Morgan fingerprint density at radius 3 is 3.06 bits per heavy atom. The van der Waals surface area contributed by atoms with E-state index in [2.05, 4.69) is 10.2 Å². The summed E-state index contributed by atoms with van der Waals surface area (Å²) in [4.78, 5) is 1.93. The number of ether oxygens (including phenoxy) is 1. The maximum absolute atomic E-state index is 5.55. The molecule has 0 aromatic carbocycles. The fourth-order valence-electron chi connectivity index (χ4n) is 1.80. The van der Waals surface area contributed by atoms with Gasteiger partial charge in [-0.15, -0.1) is 5.10 Å². The van der Waals surface area contributed by atoms with Crippen molar-refractivity contribution in [2.75, 3.05) is 31.6 Å². The highest BCUT2D eigenvalue weighted by Crippen LogP contribution is 2.16. The summed E-state index contributed by atoms with van der Waals surface area (Å²) in [6.45, 7) is 2.18. The van der Waals surface area contributed by atoms with Crippen LogP contribution in [0.1, 0.15) is 18.7 Å². The Morgan fingerprint density at radius 2 is 2.38 bits per heavy atom. The average molecular weight is 226 g/mol. The second-order valence-corrected chi connectivity index (χ2v) is 4.03. The molecule has 1 aromatic heterocycles. The molecule has 0 bridgehead atoms. The third-order valence-corrected chi connectivity index (χ3v) is 2.64. The molecule has 6 nitrogen and oxygen atoms in total. The molecule has 1 aliphatic rings. The SMILES string of the molecule is CN(CC1CCCO1)c1nnc(CCN)o1. The number of rotatable bonds is 5. The van der Waals surface area contributed by atoms with Crippen LogP contribution in [0.15, 0.2) is 4.42 Å². The molecule has 1 fully saturated rings. The molecule has 2 N–H and O–H groups in total. The van der Waals surface area contributed by atoms with Gasteiger partial charge in [0.1, 0.15) is 0 Å². The fourth-order valence-corrected chi connectivity index (χ4v) is 1.80. The molecule has 90 valence electrons. The Bertz CT molecular complexity index is 322. The van der Waals surface area contributed by atoms with Gasteiger partial charge in [0.05, 0.1) is 6.10 Å². The Hall–Kier alpha value is -1.14. The number of nitrogens with zero attached hydrogens (tertiary/aromatic N) is 3. The van der Waals surface area contributed by atoms with Gasteiger partial charge in [-0.1, -0.05) is 5.10 Å². The third-order valence-electron chi connectivity index (χ3n) is 2.64. The van der Waals surface area contributed by atoms with Crippen LogP contribution in [0.5, 0.6) is 0 Å². The summed E-state index contributed by atoms with van der Waals surface area (Å²) < 4.78 is 11.0. The second-order valence-electron chi connectivity index (χ2n) is 4.03. The van der Waals surface area contributed by atoms with Gasteiger partial charge in [-0.2, -0.15) is 0 Å². The van der Waals surface area contributed by atoms with E-state index in [1.165, 1.54) is 0 Å². The molecule has 2 rings (SSSR count). The van der Waals surface area contributed by atoms with Gasteiger partial charge in [0.2, 0.25) is 5.89 Å². The quantitative estimate of drug-likeness (QED) is 0.772. The topological polar surface area (TPSA) is 77.4 Å². The third kappa shape index (κ3) is 2.70. The summed E-state index contributed by atoms with van der Waals surface area (Å²) in [7, 11) is 1.93. The van der Waals surface area contributed by atoms with E-state index in [1.54, 1.807) is 0 Å². The normalized spacial score (nSPS) is 20.2. The van der Waals surface area contributed by atoms with Crippen LogP contribution >= 0.6 is 0 Å². The molecular formula is C10H18N4O2. The van der Waals surface area contributed by atoms with Crippen LogP contribution < -0.4 is 10.6 Å². The number of hydrogen-bond donors (Lipinski definition) is 1. The van der Waals surface area contributed by atoms with E-state index in [0.717, 1.165) is 26.0 Å². The largest absolute Gasteiger partial charge is 0.408 e. The van der Waals surface area contributed by atoms with Crippen molar-refractivity contribution in [2.24, 2.45) is 5.73 Å². The van der Waals surface area contributed by atoms with Crippen LogP contribution in [0.3, 0.4) is 0 Å². The van der Waals surface area contributed by atoms with Gasteiger partial charge in [0, 0.05) is 33.2 Å². The Kier molecular flexibility index (Phi) is 3.74. The van der Waals surface area contributed by atoms with Crippen LogP contribution in [0, 0.1) is 0 Å². The molecule has 0 saturated carbocycles. The van der Waals surface area contributed by atoms with Gasteiger partial charge < -0.3 is 19.8 Å². The molecule has 1 aliphatic heterocycles. The first-order valence-electron chi connectivity index (χ1n) is 5.65. The van der Waals surface area contributed by atoms with Gasteiger partial charge >= 0.3 is 6.01 Å². The highest BCUT2D eigenvalue weighted by Gasteiger charge is 2.20. The van der Waals surface area contributed by atoms with Crippen molar-refractivity contribution in [2.45, 2.75) is 25.4 Å². The van der Waals surface area contributed by atoms with E-state index in [-0.39, 0.29) is 6.10 Å². The Labute approximate surface area is 94.8 Å². The zero-order valence-corrected chi connectivity index (χ0v) is 9.56. The minimum Gasteiger partial charge on any atom is -0.408 e. The summed E-state index contributed by atoms with van der Waals surface area (Å²) in [5.74, 6) is 0.594. The second kappa shape index (κ2) is 5.27. The molecule has 6 heteroatoms. The Morgan fingerprint density at radius 1 is 1.50 bits per heavy atom. The van der Waals surface area contributed by atoms with Crippen molar-refractivity contribution in [3.05, 3.63) is 5.89 Å². The molecule has 0 spiro atoms. The molecule has 0 aliphatic carbocycles. The van der Waals surface area contributed by atoms with Crippen molar-refractivity contribution < 1.29 is 9.15 Å². The lowest BCUT2D eigenvalue weighted by Crippen LogP contribution is -2.28. The minimum atomic E-state index is 0.287. The maximum Gasteiger partial charge on any atom is 0.317 e. The summed E-state index contributed by atoms with van der Waals surface area (Å²) in [5, 5.41) is 7.90. The van der Waals surface area contributed by atoms with Crippen LogP contribution in [-0.4, -0.2) is 43.0 Å². The molecule has 0 radical (unpaired) electrons. The first-order valence-corrected chi connectivity index (χ1v) is 5.65. The number of nitrogens with two attached hydrogens (primary N) is 1. The molecule has 1 atom stereocenters. The lowest BCUT2D eigenvalue weighted by atomic mass is 10.2. The van der Waals surface area contributed by atoms with Gasteiger partial charge in [0.25, 0.3) is 0 Å². The minimum absolute atomic E-state index is 0.287. The predicted octanol–water partition coefficient (Wildman–Crippen LogP) is 0.186. The Balaban J connectivity index is 1.89. The first-order chi connectivity index (χ1) is 7.79. The number of hydrogen-bond acceptors (Lipinski definition) is 6. The van der Waals surface area contributed by atoms with E-state index in [0.29, 0.717) is 24.9 Å². The van der Waals surface area contributed by atoms with Gasteiger partial charge in [0.15, 0.2) is 0 Å². The molecular weight excluding hydrogens is 208 g/mol. The van der Waals surface area contributed by atoms with E-state index >= 15 is 0 Å². The molecule has 0 amide bonds. The zero-order chi connectivity index (χ0) is 11.4. The summed E-state index contributed by atoms with van der Waals surface area (Å²) in [6, 6.07) is 0.541. The molecule has 16 heavy (non-hydrogen) atoms. The lowest BCUT2D eigenvalue weighted by Gasteiger charge is -2.17. The molecule has 2 heterocycles. The highest BCUT2D eigenvalue weighted by atomic mass is 16.5. The van der Waals surface area contributed by atoms with Crippen molar-refractivity contribution in [3.63, 3.8) is 0 Å². The van der Waals surface area contributed by atoms with Gasteiger partial charge in [-0.05, 0) is 12.8 Å².